The quantitative estimate of drug-likeness (QED) is 0.344. The smallest absolute Gasteiger partial charge is 0.229 e. The SMILES string of the molecule is CC[N+]1(S)C(=O)CCC1=O. The Balaban J connectivity index is 2.90. The third-order valence-corrected chi connectivity index (χ3v) is 2.56. The summed E-state index contributed by atoms with van der Waals surface area (Å²) in [6.07, 6.45) is 0.715. The van der Waals surface area contributed by atoms with E-state index in [-0.39, 0.29) is 15.7 Å². The normalized spacial score (nSPS) is 23.8. The van der Waals surface area contributed by atoms with Gasteiger partial charge in [-0.15, -0.1) is 3.89 Å². The van der Waals surface area contributed by atoms with E-state index in [2.05, 4.69) is 12.8 Å². The largest absolute Gasteiger partial charge is 0.333 e. The van der Waals surface area contributed by atoms with Gasteiger partial charge in [0.15, 0.2) is 0 Å². The second kappa shape index (κ2) is 2.36. The molecule has 0 saturated carbocycles. The molecule has 1 aliphatic rings. The fourth-order valence-electron chi connectivity index (χ4n) is 1.08. The number of likely N-dealkylation sites (tertiary alicyclic amines) is 1. The van der Waals surface area contributed by atoms with Gasteiger partial charge in [-0.05, 0) is 6.92 Å². The van der Waals surface area contributed by atoms with Gasteiger partial charge in [0, 0.05) is 0 Å². The number of nitrogens with zero attached hydrogens (tertiary/aromatic N) is 1. The molecule has 0 spiro atoms. The summed E-state index contributed by atoms with van der Waals surface area (Å²) in [5, 5.41) is 0. The summed E-state index contributed by atoms with van der Waals surface area (Å²) in [5.41, 5.74) is 0. The van der Waals surface area contributed by atoms with Gasteiger partial charge in [-0.25, -0.2) is 9.59 Å². The Labute approximate surface area is 65.1 Å². The highest BCUT2D eigenvalue weighted by atomic mass is 32.1. The van der Waals surface area contributed by atoms with E-state index in [1.165, 1.54) is 0 Å². The lowest BCUT2D eigenvalue weighted by molar-refractivity contribution is -0.623. The Hall–Kier alpha value is -0.350. The number of imide groups is 1. The van der Waals surface area contributed by atoms with E-state index in [4.69, 9.17) is 0 Å². The lowest BCUT2D eigenvalue weighted by Gasteiger charge is -2.17. The number of carbonyl (C=O) groups is 2. The Morgan fingerprint density at radius 3 is 2.00 bits per heavy atom. The van der Waals surface area contributed by atoms with Crippen molar-refractivity contribution in [2.24, 2.45) is 0 Å². The van der Waals surface area contributed by atoms with E-state index in [0.29, 0.717) is 19.4 Å². The molecule has 10 heavy (non-hydrogen) atoms. The van der Waals surface area contributed by atoms with Gasteiger partial charge in [-0.3, -0.25) is 0 Å². The van der Waals surface area contributed by atoms with E-state index < -0.39 is 0 Å². The summed E-state index contributed by atoms with van der Waals surface area (Å²) < 4.78 is -0.292. The zero-order valence-electron chi connectivity index (χ0n) is 5.83. The van der Waals surface area contributed by atoms with Gasteiger partial charge in [0.2, 0.25) is 0 Å². The first-order valence-electron chi connectivity index (χ1n) is 3.29. The molecule has 0 N–H and O–H groups in total. The lowest BCUT2D eigenvalue weighted by Crippen LogP contribution is -2.42. The molecule has 0 atom stereocenters. The van der Waals surface area contributed by atoms with Crippen LogP contribution in [0.4, 0.5) is 0 Å². The molecule has 1 rings (SSSR count). The van der Waals surface area contributed by atoms with Gasteiger partial charge in [0.05, 0.1) is 25.7 Å². The average Bonchev–Trinajstić information content (AvgIpc) is 2.18. The van der Waals surface area contributed by atoms with Gasteiger partial charge >= 0.3 is 11.8 Å². The molecule has 0 aliphatic carbocycles. The van der Waals surface area contributed by atoms with Crippen molar-refractivity contribution < 1.29 is 13.5 Å². The second-order valence-electron chi connectivity index (χ2n) is 2.37. The first kappa shape index (κ1) is 7.75. The molecule has 2 amide bonds. The van der Waals surface area contributed by atoms with Crippen molar-refractivity contribution >= 4 is 24.6 Å². The summed E-state index contributed by atoms with van der Waals surface area (Å²) in [7, 11) is 0. The van der Waals surface area contributed by atoms with E-state index in [0.717, 1.165) is 0 Å². The maximum Gasteiger partial charge on any atom is 0.333 e. The number of hydrogen-bond donors (Lipinski definition) is 1. The first-order chi connectivity index (χ1) is 4.61. The van der Waals surface area contributed by atoms with Crippen LogP contribution in [-0.2, 0) is 9.59 Å². The molecule has 1 aliphatic heterocycles. The van der Waals surface area contributed by atoms with Crippen LogP contribution in [0.5, 0.6) is 0 Å². The zero-order chi connectivity index (χ0) is 7.78. The molecule has 0 radical (unpaired) electrons. The molecule has 1 saturated heterocycles. The Morgan fingerprint density at radius 1 is 1.40 bits per heavy atom. The summed E-state index contributed by atoms with van der Waals surface area (Å²) in [4.78, 5) is 22.0. The van der Waals surface area contributed by atoms with Crippen LogP contribution in [0.3, 0.4) is 0 Å². The van der Waals surface area contributed by atoms with E-state index in [1.54, 1.807) is 6.92 Å². The Bertz CT molecular complexity index is 174. The van der Waals surface area contributed by atoms with E-state index in [1.807, 2.05) is 0 Å². The van der Waals surface area contributed by atoms with E-state index >= 15 is 0 Å². The van der Waals surface area contributed by atoms with Crippen LogP contribution in [0.1, 0.15) is 19.8 Å². The predicted molar refractivity (Wildman–Crippen MR) is 39.0 cm³/mol. The fourth-order valence-corrected chi connectivity index (χ4v) is 1.28. The van der Waals surface area contributed by atoms with Crippen LogP contribution in [0.2, 0.25) is 0 Å². The van der Waals surface area contributed by atoms with Gasteiger partial charge in [0.25, 0.3) is 0 Å². The summed E-state index contributed by atoms with van der Waals surface area (Å²) >= 11 is 4.01. The number of amides is 2. The van der Waals surface area contributed by atoms with Crippen molar-refractivity contribution in [2.45, 2.75) is 19.8 Å². The van der Waals surface area contributed by atoms with Crippen molar-refractivity contribution in [2.75, 3.05) is 6.54 Å². The minimum atomic E-state index is -0.292. The number of carbonyl (C=O) groups excluding carboxylic acids is 2. The van der Waals surface area contributed by atoms with Crippen LogP contribution in [0.15, 0.2) is 0 Å². The second-order valence-corrected chi connectivity index (χ2v) is 3.06. The lowest BCUT2D eigenvalue weighted by atomic mass is 10.4. The molecular weight excluding hydrogens is 150 g/mol. The highest BCUT2D eigenvalue weighted by Crippen LogP contribution is 2.24. The maximum atomic E-state index is 11.0. The third kappa shape index (κ3) is 0.876. The number of thiol groups is 1. The van der Waals surface area contributed by atoms with E-state index in [9.17, 15) is 9.59 Å². The van der Waals surface area contributed by atoms with Crippen LogP contribution in [0, 0.1) is 0 Å². The minimum Gasteiger partial charge on any atom is -0.229 e. The first-order valence-corrected chi connectivity index (χ1v) is 3.69. The number of rotatable bonds is 1. The van der Waals surface area contributed by atoms with Crippen molar-refractivity contribution in [3.8, 4) is 0 Å². The molecule has 56 valence electrons. The van der Waals surface area contributed by atoms with Gasteiger partial charge in [0.1, 0.15) is 6.54 Å². The molecule has 4 heteroatoms. The van der Waals surface area contributed by atoms with Crippen molar-refractivity contribution in [1.82, 2.24) is 0 Å². The predicted octanol–water partition coefficient (Wildman–Crippen LogP) is 0.515. The Morgan fingerprint density at radius 2 is 1.80 bits per heavy atom. The monoisotopic (exact) mass is 160 g/mol. The van der Waals surface area contributed by atoms with Crippen molar-refractivity contribution in [3.63, 3.8) is 0 Å². The molecule has 3 nitrogen and oxygen atoms in total. The number of quaternary nitrogens is 1. The van der Waals surface area contributed by atoms with Crippen molar-refractivity contribution in [1.29, 1.82) is 0 Å². The van der Waals surface area contributed by atoms with Crippen LogP contribution >= 0.6 is 12.8 Å². The van der Waals surface area contributed by atoms with Gasteiger partial charge < -0.3 is 0 Å². The summed E-state index contributed by atoms with van der Waals surface area (Å²) in [6.45, 7) is 2.24. The summed E-state index contributed by atoms with van der Waals surface area (Å²) in [5.74, 6) is -0.147. The van der Waals surface area contributed by atoms with Crippen molar-refractivity contribution in [3.05, 3.63) is 0 Å². The molecule has 0 unspecified atom stereocenters. The van der Waals surface area contributed by atoms with Crippen LogP contribution in [0.25, 0.3) is 0 Å². The molecule has 0 bridgehead atoms. The third-order valence-electron chi connectivity index (χ3n) is 1.84. The van der Waals surface area contributed by atoms with Gasteiger partial charge in [-0.2, -0.15) is 0 Å². The Kier molecular flexibility index (Phi) is 1.83. The zero-order valence-corrected chi connectivity index (χ0v) is 6.73. The maximum absolute atomic E-state index is 11.0. The highest BCUT2D eigenvalue weighted by molar-refractivity contribution is 7.75. The molecule has 0 aromatic rings. The standard InChI is InChI=1S/C6H10NO2S/c1-2-7(10)5(8)3-4-6(7)9/h10H,2-4H2,1H3/q+1. The molecule has 1 heterocycles. The molecular formula is C6H10NO2S+. The van der Waals surface area contributed by atoms with Crippen LogP contribution < -0.4 is 0 Å². The molecule has 0 aromatic heterocycles. The highest BCUT2D eigenvalue weighted by Gasteiger charge is 2.46. The molecule has 1 fully saturated rings. The van der Waals surface area contributed by atoms with Crippen LogP contribution in [-0.4, -0.2) is 22.2 Å². The van der Waals surface area contributed by atoms with Gasteiger partial charge in [-0.1, -0.05) is 0 Å². The summed E-state index contributed by atoms with van der Waals surface area (Å²) in [6, 6.07) is 0. The minimum absolute atomic E-state index is 0.0733. The fraction of sp³-hybridized carbons (Fsp3) is 0.667. The topological polar surface area (TPSA) is 34.1 Å². The number of hydrogen-bond acceptors (Lipinski definition) is 3. The average molecular weight is 160 g/mol. The molecule has 0 aromatic carbocycles.